The van der Waals surface area contributed by atoms with E-state index in [4.69, 9.17) is 11.6 Å². The number of fused-ring (bicyclic) bond motifs is 5. The van der Waals surface area contributed by atoms with Crippen LogP contribution < -0.4 is 0 Å². The second kappa shape index (κ2) is 6.73. The molecule has 4 rings (SSSR count). The Morgan fingerprint density at radius 1 is 1.27 bits per heavy atom. The lowest BCUT2D eigenvalue weighted by molar-refractivity contribution is -0.159. The van der Waals surface area contributed by atoms with Crippen molar-refractivity contribution in [3.63, 3.8) is 0 Å². The Kier molecular flexibility index (Phi) is 4.87. The summed E-state index contributed by atoms with van der Waals surface area (Å²) in [6.07, 6.45) is 2.85. The zero-order chi connectivity index (χ0) is 22.2. The van der Waals surface area contributed by atoms with E-state index in [9.17, 15) is 19.5 Å². The van der Waals surface area contributed by atoms with E-state index in [0.717, 1.165) is 0 Å². The van der Waals surface area contributed by atoms with Gasteiger partial charge in [0.1, 0.15) is 6.17 Å². The van der Waals surface area contributed by atoms with E-state index in [2.05, 4.69) is 4.74 Å². The number of aliphatic hydroxyl groups excluding tert-OH is 1. The Hall–Kier alpha value is -1.53. The van der Waals surface area contributed by atoms with Crippen LogP contribution in [0.15, 0.2) is 23.8 Å². The van der Waals surface area contributed by atoms with Crippen LogP contribution in [0.1, 0.15) is 40.0 Å². The largest absolute Gasteiger partial charge is 0.463 e. The number of hydrogen-bond acceptors (Lipinski definition) is 5. The number of halogens is 2. The lowest BCUT2D eigenvalue weighted by atomic mass is 9.46. The van der Waals surface area contributed by atoms with Crippen molar-refractivity contribution in [3.05, 3.63) is 23.8 Å². The molecule has 1 N–H and O–H groups in total. The van der Waals surface area contributed by atoms with Crippen molar-refractivity contribution in [1.29, 1.82) is 0 Å². The van der Waals surface area contributed by atoms with Gasteiger partial charge in [0.2, 0.25) is 5.78 Å². The van der Waals surface area contributed by atoms with Gasteiger partial charge in [-0.1, -0.05) is 26.8 Å². The summed E-state index contributed by atoms with van der Waals surface area (Å²) in [5.41, 5.74) is -1.39. The van der Waals surface area contributed by atoms with Crippen LogP contribution in [-0.4, -0.2) is 46.9 Å². The van der Waals surface area contributed by atoms with Gasteiger partial charge in [-0.25, -0.2) is 9.18 Å². The van der Waals surface area contributed by atoms with E-state index in [1.807, 2.05) is 13.8 Å². The highest BCUT2D eigenvalue weighted by Crippen LogP contribution is 2.70. The molecule has 0 saturated heterocycles. The lowest BCUT2D eigenvalue weighted by Crippen LogP contribution is -2.67. The molecule has 5 nitrogen and oxygen atoms in total. The first-order chi connectivity index (χ1) is 13.9. The number of ketones is 2. The second-order valence-electron chi connectivity index (χ2n) is 9.99. The molecule has 9 atom stereocenters. The summed E-state index contributed by atoms with van der Waals surface area (Å²) in [4.78, 5) is 35.6. The highest BCUT2D eigenvalue weighted by atomic mass is 35.5. The molecule has 0 unspecified atom stereocenters. The van der Waals surface area contributed by atoms with Crippen LogP contribution >= 0.6 is 11.6 Å². The molecule has 0 bridgehead atoms. The van der Waals surface area contributed by atoms with E-state index in [0.29, 0.717) is 12.0 Å². The van der Waals surface area contributed by atoms with Gasteiger partial charge in [-0.05, 0) is 60.2 Å². The molecule has 4 aliphatic carbocycles. The van der Waals surface area contributed by atoms with Gasteiger partial charge in [0, 0.05) is 11.3 Å². The highest BCUT2D eigenvalue weighted by molar-refractivity contribution is 6.34. The van der Waals surface area contributed by atoms with E-state index in [1.165, 1.54) is 19.3 Å². The third-order valence-corrected chi connectivity index (χ3v) is 9.56. The standard InChI is InChI=1S/C23H28ClFO5/c1-11-7-13-14-9-16(25)15-8-12(26)5-6-22(15,3)23(14,24)17(27)10-21(13,2)18(11)19(28)20(29)30-4/h5-6,8,11,13-14,16-18,27H,7,9-10H2,1-4H3/t11-,13+,14+,16+,17+,18-,21+,22+,23+/m1/s1. The third kappa shape index (κ3) is 2.52. The lowest BCUT2D eigenvalue weighted by Gasteiger charge is -2.63. The Balaban J connectivity index is 1.81. The number of carbonyl (C=O) groups excluding carboxylic acids is 3. The van der Waals surface area contributed by atoms with Crippen molar-refractivity contribution >= 4 is 29.1 Å². The molecular weight excluding hydrogens is 411 g/mol. The normalized spacial score (nSPS) is 49.6. The molecule has 7 heteroatoms. The fourth-order valence-electron chi connectivity index (χ4n) is 7.36. The van der Waals surface area contributed by atoms with E-state index in [1.54, 1.807) is 13.0 Å². The van der Waals surface area contributed by atoms with Gasteiger partial charge in [-0.3, -0.25) is 9.59 Å². The van der Waals surface area contributed by atoms with Crippen LogP contribution in [0.5, 0.6) is 0 Å². The number of alkyl halides is 2. The number of esters is 1. The monoisotopic (exact) mass is 438 g/mol. The van der Waals surface area contributed by atoms with Gasteiger partial charge in [0.05, 0.1) is 18.1 Å². The van der Waals surface area contributed by atoms with Gasteiger partial charge in [-0.2, -0.15) is 0 Å². The summed E-state index contributed by atoms with van der Waals surface area (Å²) in [5, 5.41) is 11.4. The Morgan fingerprint density at radius 2 is 1.93 bits per heavy atom. The predicted molar refractivity (Wildman–Crippen MR) is 108 cm³/mol. The van der Waals surface area contributed by atoms with Crippen molar-refractivity contribution in [3.8, 4) is 0 Å². The molecule has 30 heavy (non-hydrogen) atoms. The molecule has 3 saturated carbocycles. The zero-order valence-corrected chi connectivity index (χ0v) is 18.4. The van der Waals surface area contributed by atoms with Crippen LogP contribution in [0, 0.1) is 34.5 Å². The van der Waals surface area contributed by atoms with Gasteiger partial charge >= 0.3 is 5.97 Å². The van der Waals surface area contributed by atoms with Crippen molar-refractivity contribution in [2.75, 3.05) is 7.11 Å². The molecular formula is C23H28ClFO5. The average Bonchev–Trinajstić information content (AvgIpc) is 2.94. The molecule has 0 aromatic carbocycles. The topological polar surface area (TPSA) is 80.7 Å². The summed E-state index contributed by atoms with van der Waals surface area (Å²) in [6, 6.07) is 0. The minimum absolute atomic E-state index is 0.0786. The minimum Gasteiger partial charge on any atom is -0.463 e. The number of carbonyl (C=O) groups is 3. The third-order valence-electron chi connectivity index (χ3n) is 8.64. The summed E-state index contributed by atoms with van der Waals surface area (Å²) >= 11 is 7.25. The number of hydrogen-bond donors (Lipinski definition) is 1. The summed E-state index contributed by atoms with van der Waals surface area (Å²) in [5.74, 6) is -3.05. The van der Waals surface area contributed by atoms with Crippen LogP contribution in [0.2, 0.25) is 0 Å². The number of ether oxygens (including phenoxy) is 1. The number of Topliss-reactive ketones (excluding diaryl/α,β-unsaturated/α-hetero) is 1. The summed E-state index contributed by atoms with van der Waals surface area (Å²) < 4.78 is 20.1. The number of aliphatic hydroxyl groups is 1. The molecule has 0 aromatic rings. The maximum atomic E-state index is 15.4. The highest BCUT2D eigenvalue weighted by Gasteiger charge is 2.72. The van der Waals surface area contributed by atoms with Gasteiger partial charge in [0.25, 0.3) is 0 Å². The summed E-state index contributed by atoms with van der Waals surface area (Å²) in [7, 11) is 1.18. The van der Waals surface area contributed by atoms with Gasteiger partial charge < -0.3 is 9.84 Å². The molecule has 0 spiro atoms. The van der Waals surface area contributed by atoms with Crippen LogP contribution in [0.4, 0.5) is 4.39 Å². The molecule has 0 radical (unpaired) electrons. The Labute approximate surface area is 180 Å². The molecule has 0 aromatic heterocycles. The molecule has 4 aliphatic rings. The average molecular weight is 439 g/mol. The maximum absolute atomic E-state index is 15.4. The van der Waals surface area contributed by atoms with Crippen LogP contribution in [0.25, 0.3) is 0 Å². The van der Waals surface area contributed by atoms with E-state index < -0.39 is 51.6 Å². The van der Waals surface area contributed by atoms with Gasteiger partial charge in [-0.15, -0.1) is 11.6 Å². The predicted octanol–water partition coefficient (Wildman–Crippen LogP) is 3.18. The van der Waals surface area contributed by atoms with E-state index >= 15 is 4.39 Å². The van der Waals surface area contributed by atoms with Gasteiger partial charge in [0.15, 0.2) is 5.78 Å². The molecule has 0 heterocycles. The molecule has 0 amide bonds. The smallest absolute Gasteiger partial charge is 0.374 e. The second-order valence-corrected chi connectivity index (χ2v) is 10.6. The Morgan fingerprint density at radius 3 is 2.57 bits per heavy atom. The van der Waals surface area contributed by atoms with Crippen LogP contribution in [0.3, 0.4) is 0 Å². The summed E-state index contributed by atoms with van der Waals surface area (Å²) in [6.45, 7) is 5.61. The quantitative estimate of drug-likeness (QED) is 0.407. The van der Waals surface area contributed by atoms with Crippen LogP contribution in [-0.2, 0) is 19.1 Å². The number of rotatable bonds is 2. The zero-order valence-electron chi connectivity index (χ0n) is 17.7. The molecule has 3 fully saturated rings. The minimum atomic E-state index is -1.36. The van der Waals surface area contributed by atoms with Crippen molar-refractivity contribution in [2.24, 2.45) is 34.5 Å². The fraction of sp³-hybridized carbons (Fsp3) is 0.696. The number of methoxy groups -OCH3 is 1. The SMILES string of the molecule is COC(=O)C(=O)[C@H]1[C@H](C)C[C@H]2[C@@H]3C[C@H](F)C4=CC(=O)C=C[C@]4(C)[C@@]3(Cl)[C@@H](O)C[C@@]21C. The first-order valence-corrected chi connectivity index (χ1v) is 10.9. The van der Waals surface area contributed by atoms with E-state index in [-0.39, 0.29) is 30.5 Å². The first-order valence-electron chi connectivity index (χ1n) is 10.5. The molecule has 164 valence electrons. The van der Waals surface area contributed by atoms with Crippen molar-refractivity contribution in [2.45, 2.75) is 57.2 Å². The maximum Gasteiger partial charge on any atom is 0.374 e. The van der Waals surface area contributed by atoms with Crippen molar-refractivity contribution in [1.82, 2.24) is 0 Å². The van der Waals surface area contributed by atoms with Crippen molar-refractivity contribution < 1.29 is 28.6 Å². The Bertz CT molecular complexity index is 883. The fourth-order valence-corrected chi connectivity index (χ4v) is 7.85. The first kappa shape index (κ1) is 21.7. The molecule has 0 aliphatic heterocycles. The number of allylic oxidation sites excluding steroid dienone is 4.